The average Bonchev–Trinajstić information content (AvgIpc) is 3.01. The summed E-state index contributed by atoms with van der Waals surface area (Å²) in [6.07, 6.45) is 6.52. The van der Waals surface area contributed by atoms with Crippen molar-refractivity contribution in [2.75, 3.05) is 14.1 Å². The van der Waals surface area contributed by atoms with Crippen LogP contribution in [0.4, 0.5) is 0 Å². The predicted octanol–water partition coefficient (Wildman–Crippen LogP) is 2.95. The Bertz CT molecular complexity index is 554. The highest BCUT2D eigenvalue weighted by molar-refractivity contribution is 7.09. The number of hydrogen-bond donors (Lipinski definition) is 2. The van der Waals surface area contributed by atoms with Crippen LogP contribution in [0, 0.1) is 0 Å². The molecule has 2 bridgehead atoms. The summed E-state index contributed by atoms with van der Waals surface area (Å²) in [4.78, 5) is 11.7. The third-order valence-corrected chi connectivity index (χ3v) is 6.60. The van der Waals surface area contributed by atoms with E-state index in [9.17, 15) is 0 Å². The molecule has 2 N–H and O–H groups in total. The van der Waals surface area contributed by atoms with Crippen molar-refractivity contribution < 1.29 is 0 Å². The number of hydrogen-bond acceptors (Lipinski definition) is 4. The number of piperidine rings is 2. The van der Waals surface area contributed by atoms with E-state index < -0.39 is 0 Å². The van der Waals surface area contributed by atoms with E-state index in [1.54, 1.807) is 11.3 Å². The summed E-state index contributed by atoms with van der Waals surface area (Å²) in [7, 11) is 4.15. The zero-order chi connectivity index (χ0) is 17.1. The zero-order valence-corrected chi connectivity index (χ0v) is 16.2. The second-order valence-electron chi connectivity index (χ2n) is 7.47. The summed E-state index contributed by atoms with van der Waals surface area (Å²) in [5.41, 5.74) is 1.10. The van der Waals surface area contributed by atoms with Crippen LogP contribution in [0.25, 0.3) is 0 Å². The van der Waals surface area contributed by atoms with Gasteiger partial charge in [0.25, 0.3) is 0 Å². The van der Waals surface area contributed by atoms with Gasteiger partial charge in [-0.25, -0.2) is 4.98 Å². The van der Waals surface area contributed by atoms with Gasteiger partial charge in [0.2, 0.25) is 0 Å². The molecule has 0 aliphatic carbocycles. The topological polar surface area (TPSA) is 52.6 Å². The van der Waals surface area contributed by atoms with Crippen molar-refractivity contribution in [2.45, 2.75) is 76.5 Å². The van der Waals surface area contributed by atoms with Gasteiger partial charge in [-0.3, -0.25) is 4.99 Å². The van der Waals surface area contributed by atoms with Gasteiger partial charge in [0.05, 0.1) is 17.2 Å². The van der Waals surface area contributed by atoms with E-state index in [-0.39, 0.29) is 0 Å². The van der Waals surface area contributed by atoms with E-state index in [0.29, 0.717) is 12.0 Å². The summed E-state index contributed by atoms with van der Waals surface area (Å²) >= 11 is 1.75. The second-order valence-corrected chi connectivity index (χ2v) is 8.36. The molecule has 3 heterocycles. The summed E-state index contributed by atoms with van der Waals surface area (Å²) in [6, 6.07) is 2.00. The van der Waals surface area contributed by atoms with Crippen molar-refractivity contribution in [1.82, 2.24) is 20.5 Å². The number of fused-ring (bicyclic) bond motifs is 2. The van der Waals surface area contributed by atoms with Crippen LogP contribution in [0.2, 0.25) is 0 Å². The van der Waals surface area contributed by atoms with Gasteiger partial charge in [-0.15, -0.1) is 11.3 Å². The van der Waals surface area contributed by atoms with E-state index in [1.165, 1.54) is 37.1 Å². The van der Waals surface area contributed by atoms with E-state index in [1.807, 2.05) is 7.05 Å². The van der Waals surface area contributed by atoms with Crippen LogP contribution in [0.1, 0.15) is 62.6 Å². The molecule has 2 aliphatic heterocycles. The van der Waals surface area contributed by atoms with Gasteiger partial charge in [-0.1, -0.05) is 20.3 Å². The average molecular weight is 350 g/mol. The molecule has 0 aromatic carbocycles. The number of nitrogens with one attached hydrogen (secondary N) is 2. The number of thiazole rings is 1. The summed E-state index contributed by atoms with van der Waals surface area (Å²) in [5.74, 6) is 1.40. The Morgan fingerprint density at radius 2 is 2.08 bits per heavy atom. The van der Waals surface area contributed by atoms with E-state index in [4.69, 9.17) is 0 Å². The fourth-order valence-electron chi connectivity index (χ4n) is 3.96. The first-order chi connectivity index (χ1) is 11.6. The van der Waals surface area contributed by atoms with Crippen molar-refractivity contribution in [1.29, 1.82) is 0 Å². The predicted molar refractivity (Wildman–Crippen MR) is 102 cm³/mol. The molecule has 0 spiro atoms. The number of aliphatic imine (C=N–C) groups is 1. The summed E-state index contributed by atoms with van der Waals surface area (Å²) < 4.78 is 0. The fourth-order valence-corrected chi connectivity index (χ4v) is 4.80. The van der Waals surface area contributed by atoms with E-state index in [0.717, 1.165) is 30.3 Å². The molecule has 0 saturated carbocycles. The minimum absolute atomic E-state index is 0.500. The molecule has 6 heteroatoms. The molecule has 2 unspecified atom stereocenters. The first-order valence-corrected chi connectivity index (χ1v) is 10.1. The number of nitrogens with zero attached hydrogens (tertiary/aromatic N) is 3. The maximum absolute atomic E-state index is 4.69. The minimum atomic E-state index is 0.500. The Morgan fingerprint density at radius 3 is 2.67 bits per heavy atom. The largest absolute Gasteiger partial charge is 0.354 e. The standard InChI is InChI=1S/C18H31N5S/c1-12(2)17-21-14(11-24-17)10-20-18(19-3)22-13-8-15-6-5-7-16(9-13)23(15)4/h11-13,15-16H,5-10H2,1-4H3,(H2,19,20,22). The third-order valence-electron chi connectivity index (χ3n) is 5.40. The molecule has 2 fully saturated rings. The van der Waals surface area contributed by atoms with Crippen molar-refractivity contribution in [3.63, 3.8) is 0 Å². The molecule has 1 aromatic heterocycles. The van der Waals surface area contributed by atoms with Crippen LogP contribution in [-0.2, 0) is 6.54 Å². The van der Waals surface area contributed by atoms with Crippen LogP contribution in [0.15, 0.2) is 10.4 Å². The summed E-state index contributed by atoms with van der Waals surface area (Å²) in [5, 5.41) is 10.4. The quantitative estimate of drug-likeness (QED) is 0.648. The fraction of sp³-hybridized carbons (Fsp3) is 0.778. The van der Waals surface area contributed by atoms with Crippen LogP contribution in [-0.4, -0.2) is 48.1 Å². The normalized spacial score (nSPS) is 28.2. The SMILES string of the molecule is CN=C(NCc1csc(C(C)C)n1)NC1CC2CCCC(C1)N2C. The Labute approximate surface area is 150 Å². The van der Waals surface area contributed by atoms with Gasteiger partial charge in [-0.05, 0) is 32.7 Å². The Hall–Kier alpha value is -1.14. The molecule has 2 saturated heterocycles. The van der Waals surface area contributed by atoms with Gasteiger partial charge in [-0.2, -0.15) is 0 Å². The number of aromatic nitrogens is 1. The van der Waals surface area contributed by atoms with Gasteiger partial charge < -0.3 is 15.5 Å². The van der Waals surface area contributed by atoms with Crippen molar-refractivity contribution >= 4 is 17.3 Å². The lowest BCUT2D eigenvalue weighted by Gasteiger charge is -2.47. The lowest BCUT2D eigenvalue weighted by atomic mass is 9.82. The second kappa shape index (κ2) is 7.83. The lowest BCUT2D eigenvalue weighted by Crippen LogP contribution is -2.56. The van der Waals surface area contributed by atoms with Crippen LogP contribution < -0.4 is 10.6 Å². The van der Waals surface area contributed by atoms with Crippen LogP contribution in [0.3, 0.4) is 0 Å². The van der Waals surface area contributed by atoms with Crippen molar-refractivity contribution in [3.05, 3.63) is 16.1 Å². The maximum Gasteiger partial charge on any atom is 0.191 e. The van der Waals surface area contributed by atoms with Crippen molar-refractivity contribution in [2.24, 2.45) is 4.99 Å². The van der Waals surface area contributed by atoms with Crippen LogP contribution in [0.5, 0.6) is 0 Å². The number of rotatable bonds is 4. The van der Waals surface area contributed by atoms with Crippen LogP contribution >= 0.6 is 11.3 Å². The Balaban J connectivity index is 1.51. The molecule has 134 valence electrons. The molecule has 2 aliphatic rings. The van der Waals surface area contributed by atoms with E-state index >= 15 is 0 Å². The first-order valence-electron chi connectivity index (χ1n) is 9.20. The number of guanidine groups is 1. The molecule has 3 rings (SSSR count). The highest BCUT2D eigenvalue weighted by atomic mass is 32.1. The van der Waals surface area contributed by atoms with Gasteiger partial charge in [0.1, 0.15) is 0 Å². The third kappa shape index (κ3) is 4.09. The van der Waals surface area contributed by atoms with Crippen molar-refractivity contribution in [3.8, 4) is 0 Å². The Kier molecular flexibility index (Phi) is 5.76. The summed E-state index contributed by atoms with van der Waals surface area (Å²) in [6.45, 7) is 5.11. The van der Waals surface area contributed by atoms with E-state index in [2.05, 4.69) is 51.8 Å². The zero-order valence-electron chi connectivity index (χ0n) is 15.4. The molecular formula is C18H31N5S. The monoisotopic (exact) mass is 349 g/mol. The molecule has 2 atom stereocenters. The maximum atomic E-state index is 4.69. The molecule has 0 radical (unpaired) electrons. The highest BCUT2D eigenvalue weighted by Gasteiger charge is 2.36. The van der Waals surface area contributed by atoms with Gasteiger partial charge >= 0.3 is 0 Å². The Morgan fingerprint density at radius 1 is 1.38 bits per heavy atom. The molecule has 1 aromatic rings. The molecular weight excluding hydrogens is 318 g/mol. The molecule has 5 nitrogen and oxygen atoms in total. The van der Waals surface area contributed by atoms with Gasteiger partial charge in [0.15, 0.2) is 5.96 Å². The van der Waals surface area contributed by atoms with Gasteiger partial charge in [0, 0.05) is 36.5 Å². The first kappa shape index (κ1) is 17.7. The highest BCUT2D eigenvalue weighted by Crippen LogP contribution is 2.32. The molecule has 0 amide bonds. The minimum Gasteiger partial charge on any atom is -0.354 e. The molecule has 24 heavy (non-hydrogen) atoms. The smallest absolute Gasteiger partial charge is 0.191 e. The lowest BCUT2D eigenvalue weighted by molar-refractivity contribution is 0.0526.